The Morgan fingerprint density at radius 2 is 0.598 bits per heavy atom. The van der Waals surface area contributed by atoms with Crippen LogP contribution in [0.25, 0.3) is 127 Å². The van der Waals surface area contributed by atoms with Crippen LogP contribution in [0.5, 0.6) is 0 Å². The van der Waals surface area contributed by atoms with E-state index in [1.165, 1.54) is 37.9 Å². The second-order valence-electron chi connectivity index (χ2n) is 21.1. The van der Waals surface area contributed by atoms with E-state index in [0.29, 0.717) is 28.1 Å². The van der Waals surface area contributed by atoms with Gasteiger partial charge in [0.25, 0.3) is 11.8 Å². The van der Waals surface area contributed by atoms with Crippen molar-refractivity contribution in [2.75, 3.05) is 4.90 Å². The first-order valence-electron chi connectivity index (χ1n) is 27.5. The van der Waals surface area contributed by atoms with Crippen LogP contribution in [0.15, 0.2) is 273 Å². The molecule has 0 fully saturated rings. The molecule has 0 aliphatic carbocycles. The lowest BCUT2D eigenvalue weighted by Crippen LogP contribution is -2.29. The summed E-state index contributed by atoms with van der Waals surface area (Å²) in [5.74, 6) is -0.815. The van der Waals surface area contributed by atoms with Crippen molar-refractivity contribution in [3.8, 4) is 67.6 Å². The first-order valence-corrected chi connectivity index (χ1v) is 27.5. The maximum Gasteiger partial charge on any atom is 0.266 e. The average Bonchev–Trinajstić information content (AvgIpc) is 4.34. The molecule has 0 saturated carbocycles. The second-order valence-corrected chi connectivity index (χ2v) is 21.1. The van der Waals surface area contributed by atoms with Gasteiger partial charge in [-0.3, -0.25) is 9.59 Å². The van der Waals surface area contributed by atoms with Crippen molar-refractivity contribution in [3.63, 3.8) is 0 Å². The Balaban J connectivity index is 0.847. The molecule has 15 aromatic rings. The fraction of sp³-hybridized carbons (Fsp3) is 0. The van der Waals surface area contributed by atoms with Gasteiger partial charge >= 0.3 is 0 Å². The molecule has 2 amide bonds. The molecule has 0 spiro atoms. The fourth-order valence-electron chi connectivity index (χ4n) is 12.7. The van der Waals surface area contributed by atoms with Gasteiger partial charge in [0.2, 0.25) is 0 Å². The van der Waals surface area contributed by atoms with Gasteiger partial charge in [-0.25, -0.2) is 4.90 Å². The number of fused-ring (bicyclic) bond motifs is 10. The van der Waals surface area contributed by atoms with E-state index in [-0.39, 0.29) is 0 Å². The van der Waals surface area contributed by atoms with E-state index < -0.39 is 11.8 Å². The molecule has 0 radical (unpaired) electrons. The van der Waals surface area contributed by atoms with Crippen LogP contribution < -0.4 is 4.90 Å². The van der Waals surface area contributed by atoms with Crippen LogP contribution in [0.3, 0.4) is 0 Å². The molecular weight excluding hydrogens is 1000 g/mol. The molecule has 3 aromatic heterocycles. The second kappa shape index (κ2) is 18.4. The SMILES string of the molecule is N#Cc1cc(N2C(=O)c3ccccc3C2=O)ccc1-n1c2ccc(-c3ccc4c(c3)c3ccccc3n4-c3ccc(-c4ccccc4)cc3)cc2c2cc(-c3ccc4c(c3)c3ccccc3n4-c3ccc(-c4ccccc4)cc3)ccc21. The Morgan fingerprint density at radius 3 is 1.02 bits per heavy atom. The van der Waals surface area contributed by atoms with Gasteiger partial charge in [0.15, 0.2) is 0 Å². The molecule has 7 heteroatoms. The number of imide groups is 1. The molecule has 12 aromatic carbocycles. The van der Waals surface area contributed by atoms with Crippen LogP contribution >= 0.6 is 0 Å². The zero-order chi connectivity index (χ0) is 54.6. The Kier molecular flexibility index (Phi) is 10.5. The van der Waals surface area contributed by atoms with Gasteiger partial charge in [-0.15, -0.1) is 0 Å². The number of nitrogens with zero attached hydrogens (tertiary/aromatic N) is 5. The zero-order valence-electron chi connectivity index (χ0n) is 44.0. The minimum atomic E-state index is -0.408. The highest BCUT2D eigenvalue weighted by Gasteiger charge is 2.37. The third-order valence-corrected chi connectivity index (χ3v) is 16.6. The lowest BCUT2D eigenvalue weighted by Gasteiger charge is -2.17. The summed E-state index contributed by atoms with van der Waals surface area (Å²) in [6.07, 6.45) is 0. The number of amides is 2. The number of carbonyl (C=O) groups excluding carboxylic acids is 2. The topological polar surface area (TPSA) is 76.0 Å². The maximum atomic E-state index is 13.7. The quantitative estimate of drug-likeness (QED) is 0.142. The van der Waals surface area contributed by atoms with Gasteiger partial charge in [0.1, 0.15) is 6.07 Å². The summed E-state index contributed by atoms with van der Waals surface area (Å²) in [5, 5.41) is 17.6. The van der Waals surface area contributed by atoms with Crippen LogP contribution in [0.2, 0.25) is 0 Å². The molecule has 382 valence electrons. The normalized spacial score (nSPS) is 12.4. The molecule has 0 atom stereocenters. The average molecular weight is 1050 g/mol. The van der Waals surface area contributed by atoms with E-state index in [1.807, 2.05) is 18.2 Å². The number of para-hydroxylation sites is 2. The van der Waals surface area contributed by atoms with Gasteiger partial charge < -0.3 is 13.7 Å². The summed E-state index contributed by atoms with van der Waals surface area (Å²) in [5.41, 5.74) is 19.5. The highest BCUT2D eigenvalue weighted by Crippen LogP contribution is 2.43. The molecule has 4 heterocycles. The highest BCUT2D eigenvalue weighted by molar-refractivity contribution is 6.34. The van der Waals surface area contributed by atoms with Crippen molar-refractivity contribution in [2.24, 2.45) is 0 Å². The summed E-state index contributed by atoms with van der Waals surface area (Å²) in [7, 11) is 0. The lowest BCUT2D eigenvalue weighted by molar-refractivity contribution is 0.0926. The van der Waals surface area contributed by atoms with E-state index in [0.717, 1.165) is 88.3 Å². The Hall–Kier alpha value is -11.3. The number of rotatable bonds is 8. The summed E-state index contributed by atoms with van der Waals surface area (Å²) in [4.78, 5) is 28.6. The first kappa shape index (κ1) is 46.7. The van der Waals surface area contributed by atoms with Crippen molar-refractivity contribution in [3.05, 3.63) is 290 Å². The van der Waals surface area contributed by atoms with Gasteiger partial charge in [0.05, 0.1) is 61.2 Å². The van der Waals surface area contributed by atoms with E-state index in [1.54, 1.807) is 36.4 Å². The molecule has 1 aliphatic heterocycles. The number of nitriles is 1. The van der Waals surface area contributed by atoms with Crippen LogP contribution in [0, 0.1) is 11.3 Å². The summed E-state index contributed by atoms with van der Waals surface area (Å²) in [6.45, 7) is 0. The Bertz CT molecular complexity index is 4900. The van der Waals surface area contributed by atoms with E-state index in [4.69, 9.17) is 0 Å². The molecule has 7 nitrogen and oxygen atoms in total. The van der Waals surface area contributed by atoms with Crippen molar-refractivity contribution in [1.82, 2.24) is 13.7 Å². The highest BCUT2D eigenvalue weighted by atomic mass is 16.2. The molecule has 82 heavy (non-hydrogen) atoms. The summed E-state index contributed by atoms with van der Waals surface area (Å²) >= 11 is 0. The van der Waals surface area contributed by atoms with Crippen LogP contribution in [0.4, 0.5) is 5.69 Å². The van der Waals surface area contributed by atoms with E-state index in [2.05, 4.69) is 238 Å². The predicted molar refractivity (Wildman–Crippen MR) is 334 cm³/mol. The number of anilines is 1. The smallest absolute Gasteiger partial charge is 0.266 e. The fourth-order valence-corrected chi connectivity index (χ4v) is 12.7. The van der Waals surface area contributed by atoms with Crippen LogP contribution in [-0.4, -0.2) is 25.5 Å². The predicted octanol–water partition coefficient (Wildman–Crippen LogP) is 18.3. The lowest BCUT2D eigenvalue weighted by atomic mass is 9.98. The van der Waals surface area contributed by atoms with Crippen molar-refractivity contribution in [1.29, 1.82) is 5.26 Å². The van der Waals surface area contributed by atoms with Crippen molar-refractivity contribution in [2.45, 2.75) is 0 Å². The standard InChI is InChI=1S/C75H45N5O2/c76-46-55-41-58(79-74(81)61-19-7-8-20-62(61)75(79)82)35-40-67(55)80-72-38-29-53(51-27-36-70-63(42-51)59-17-9-11-21-68(59)77(70)56-31-23-49(24-32-56)47-13-3-1-4-14-47)44-65(72)66-45-54(30-39-73(66)80)52-28-37-71-64(43-52)60-18-10-12-22-69(60)78(71)57-33-25-50(26-34-57)48-15-5-2-6-16-48/h1-45H. The third-order valence-electron chi connectivity index (χ3n) is 16.6. The minimum absolute atomic E-state index is 0.328. The van der Waals surface area contributed by atoms with Gasteiger partial charge in [-0.1, -0.05) is 158 Å². The molecular formula is C75H45N5O2. The number of hydrogen-bond donors (Lipinski definition) is 0. The minimum Gasteiger partial charge on any atom is -0.309 e. The van der Waals surface area contributed by atoms with Gasteiger partial charge in [0, 0.05) is 43.7 Å². The molecule has 0 bridgehead atoms. The monoisotopic (exact) mass is 1050 g/mol. The van der Waals surface area contributed by atoms with Crippen molar-refractivity contribution < 1.29 is 9.59 Å². The zero-order valence-corrected chi connectivity index (χ0v) is 44.0. The van der Waals surface area contributed by atoms with Crippen LogP contribution in [-0.2, 0) is 0 Å². The molecule has 1 aliphatic rings. The van der Waals surface area contributed by atoms with E-state index >= 15 is 0 Å². The Morgan fingerprint density at radius 1 is 0.268 bits per heavy atom. The number of benzene rings is 12. The molecule has 0 unspecified atom stereocenters. The maximum absolute atomic E-state index is 13.7. The number of carbonyl (C=O) groups is 2. The third kappa shape index (κ3) is 7.22. The number of hydrogen-bond acceptors (Lipinski definition) is 3. The van der Waals surface area contributed by atoms with Crippen molar-refractivity contribution >= 4 is 82.9 Å². The first-order chi connectivity index (χ1) is 40.5. The molecule has 0 N–H and O–H groups in total. The molecule has 0 saturated heterocycles. The van der Waals surface area contributed by atoms with E-state index in [9.17, 15) is 14.9 Å². The summed E-state index contributed by atoms with van der Waals surface area (Å²) in [6, 6.07) is 97.1. The largest absolute Gasteiger partial charge is 0.309 e. The Labute approximate surface area is 471 Å². The number of aromatic nitrogens is 3. The van der Waals surface area contributed by atoms with Gasteiger partial charge in [-0.05, 0) is 160 Å². The van der Waals surface area contributed by atoms with Gasteiger partial charge in [-0.2, -0.15) is 5.26 Å². The van der Waals surface area contributed by atoms with Crippen LogP contribution in [0.1, 0.15) is 26.3 Å². The molecule has 16 rings (SSSR count). The summed E-state index contributed by atoms with van der Waals surface area (Å²) < 4.78 is 6.85.